The summed E-state index contributed by atoms with van der Waals surface area (Å²) in [6.07, 6.45) is 1.90. The fourth-order valence-electron chi connectivity index (χ4n) is 2.84. The Morgan fingerprint density at radius 1 is 1.32 bits per heavy atom. The molecule has 9 nitrogen and oxygen atoms in total. The van der Waals surface area contributed by atoms with Gasteiger partial charge in [-0.25, -0.2) is 9.89 Å². The van der Waals surface area contributed by atoms with Crippen molar-refractivity contribution in [1.82, 2.24) is 14.8 Å². The Morgan fingerprint density at radius 3 is 2.61 bits per heavy atom. The number of carbonyl (C=O) groups excluding carboxylic acids is 2. The van der Waals surface area contributed by atoms with E-state index in [4.69, 9.17) is 4.74 Å². The Hall–Kier alpha value is -2.59. The number of anilines is 2. The summed E-state index contributed by atoms with van der Waals surface area (Å²) in [6.45, 7) is 4.32. The summed E-state index contributed by atoms with van der Waals surface area (Å²) in [4.78, 5) is 35.6. The van der Waals surface area contributed by atoms with Crippen LogP contribution in [0.3, 0.4) is 0 Å². The van der Waals surface area contributed by atoms with Crippen molar-refractivity contribution in [3.8, 4) is 0 Å². The van der Waals surface area contributed by atoms with Crippen LogP contribution in [0.25, 0.3) is 0 Å². The predicted molar refractivity (Wildman–Crippen MR) is 107 cm³/mol. The van der Waals surface area contributed by atoms with E-state index in [1.54, 1.807) is 31.2 Å². The lowest BCUT2D eigenvalue weighted by atomic mass is 10.2. The zero-order valence-electron chi connectivity index (χ0n) is 15.7. The standard InChI is InChI=1S/C18H23N5O4S/c1-11(16(25)20-14-7-5-13(6-8-14)19-12(2)24)28-18-22-21-17(26)23(18)10-15-4-3-9-27-15/h5-8,11,15H,3-4,9-10H2,1-2H3,(H,19,24)(H,20,25)(H,21,26)/t11-,15+/m0/s1. The summed E-state index contributed by atoms with van der Waals surface area (Å²) in [6, 6.07) is 6.84. The Bertz CT molecular complexity index is 886. The minimum atomic E-state index is -0.464. The fourth-order valence-corrected chi connectivity index (χ4v) is 3.71. The van der Waals surface area contributed by atoms with Gasteiger partial charge in [0, 0.05) is 24.9 Å². The van der Waals surface area contributed by atoms with Crippen LogP contribution < -0.4 is 16.3 Å². The number of H-pyrrole nitrogens is 1. The molecule has 0 spiro atoms. The number of rotatable bonds is 7. The van der Waals surface area contributed by atoms with E-state index in [-0.39, 0.29) is 23.6 Å². The molecule has 0 saturated carbocycles. The summed E-state index contributed by atoms with van der Waals surface area (Å²) >= 11 is 1.21. The highest BCUT2D eigenvalue weighted by Crippen LogP contribution is 2.23. The molecule has 0 radical (unpaired) electrons. The van der Waals surface area contributed by atoms with E-state index in [0.717, 1.165) is 12.8 Å². The zero-order valence-corrected chi connectivity index (χ0v) is 16.5. The molecule has 10 heteroatoms. The lowest BCUT2D eigenvalue weighted by Gasteiger charge is -2.14. The molecule has 3 N–H and O–H groups in total. The third-order valence-corrected chi connectivity index (χ3v) is 5.35. The van der Waals surface area contributed by atoms with Crippen LogP contribution in [0, 0.1) is 0 Å². The van der Waals surface area contributed by atoms with Crippen LogP contribution in [0.2, 0.25) is 0 Å². The van der Waals surface area contributed by atoms with Gasteiger partial charge in [-0.15, -0.1) is 5.10 Å². The molecule has 1 fully saturated rings. The third-order valence-electron chi connectivity index (χ3n) is 4.26. The molecule has 1 saturated heterocycles. The Balaban J connectivity index is 1.60. The molecule has 0 bridgehead atoms. The molecule has 2 heterocycles. The van der Waals surface area contributed by atoms with Crippen LogP contribution in [0.4, 0.5) is 11.4 Å². The van der Waals surface area contributed by atoms with Gasteiger partial charge in [0.15, 0.2) is 5.16 Å². The zero-order chi connectivity index (χ0) is 20.1. The predicted octanol–water partition coefficient (Wildman–Crippen LogP) is 1.83. The molecule has 1 aromatic heterocycles. The first-order chi connectivity index (χ1) is 13.4. The normalized spacial score (nSPS) is 17.3. The molecule has 2 amide bonds. The summed E-state index contributed by atoms with van der Waals surface area (Å²) in [5, 5.41) is 12.0. The van der Waals surface area contributed by atoms with E-state index in [1.807, 2.05) is 0 Å². The summed E-state index contributed by atoms with van der Waals surface area (Å²) < 4.78 is 7.11. The van der Waals surface area contributed by atoms with Gasteiger partial charge < -0.3 is 15.4 Å². The van der Waals surface area contributed by atoms with Crippen molar-refractivity contribution in [3.63, 3.8) is 0 Å². The number of aromatic amines is 1. The lowest BCUT2D eigenvalue weighted by Crippen LogP contribution is -2.26. The number of carbonyl (C=O) groups is 2. The SMILES string of the molecule is CC(=O)Nc1ccc(NC(=O)[C@H](C)Sc2n[nH]c(=O)n2C[C@H]2CCCO2)cc1. The fraction of sp³-hybridized carbons (Fsp3) is 0.444. The molecule has 1 aliphatic heterocycles. The maximum Gasteiger partial charge on any atom is 0.344 e. The van der Waals surface area contributed by atoms with Crippen molar-refractivity contribution in [2.75, 3.05) is 17.2 Å². The van der Waals surface area contributed by atoms with E-state index in [9.17, 15) is 14.4 Å². The number of nitrogens with zero attached hydrogens (tertiary/aromatic N) is 2. The molecule has 150 valence electrons. The van der Waals surface area contributed by atoms with Gasteiger partial charge in [-0.1, -0.05) is 11.8 Å². The van der Waals surface area contributed by atoms with Crippen LogP contribution >= 0.6 is 11.8 Å². The van der Waals surface area contributed by atoms with Gasteiger partial charge in [-0.05, 0) is 44.0 Å². The molecule has 1 aliphatic rings. The van der Waals surface area contributed by atoms with Crippen LogP contribution in [-0.4, -0.2) is 44.5 Å². The molecule has 0 unspecified atom stereocenters. The van der Waals surface area contributed by atoms with Gasteiger partial charge in [-0.3, -0.25) is 14.2 Å². The first-order valence-corrected chi connectivity index (χ1v) is 9.92. The highest BCUT2D eigenvalue weighted by atomic mass is 32.2. The molecule has 2 atom stereocenters. The molecular weight excluding hydrogens is 382 g/mol. The van der Waals surface area contributed by atoms with Gasteiger partial charge in [0.05, 0.1) is 17.9 Å². The number of thioether (sulfide) groups is 1. The molecular formula is C18H23N5O4S. The maximum atomic E-state index is 12.5. The Labute approximate surface area is 166 Å². The number of nitrogens with one attached hydrogen (secondary N) is 3. The maximum absolute atomic E-state index is 12.5. The van der Waals surface area contributed by atoms with E-state index in [1.165, 1.54) is 23.3 Å². The Morgan fingerprint density at radius 2 is 2.00 bits per heavy atom. The number of aromatic nitrogens is 3. The van der Waals surface area contributed by atoms with Gasteiger partial charge in [-0.2, -0.15) is 0 Å². The van der Waals surface area contributed by atoms with Gasteiger partial charge in [0.2, 0.25) is 11.8 Å². The van der Waals surface area contributed by atoms with Gasteiger partial charge in [0.1, 0.15) is 0 Å². The average molecular weight is 405 g/mol. The van der Waals surface area contributed by atoms with E-state index >= 15 is 0 Å². The molecule has 2 aromatic rings. The second kappa shape index (κ2) is 9.07. The first kappa shape index (κ1) is 20.2. The lowest BCUT2D eigenvalue weighted by molar-refractivity contribution is -0.115. The number of ether oxygens (including phenoxy) is 1. The third kappa shape index (κ3) is 5.23. The first-order valence-electron chi connectivity index (χ1n) is 9.04. The second-order valence-electron chi connectivity index (χ2n) is 6.56. The molecule has 0 aliphatic carbocycles. The van der Waals surface area contributed by atoms with Crippen molar-refractivity contribution in [2.45, 2.75) is 49.7 Å². The van der Waals surface area contributed by atoms with Crippen LogP contribution in [0.15, 0.2) is 34.2 Å². The minimum Gasteiger partial charge on any atom is -0.376 e. The van der Waals surface area contributed by atoms with E-state index in [2.05, 4.69) is 20.8 Å². The van der Waals surface area contributed by atoms with Crippen molar-refractivity contribution in [2.24, 2.45) is 0 Å². The summed E-state index contributed by atoms with van der Waals surface area (Å²) in [5.41, 5.74) is 0.965. The highest BCUT2D eigenvalue weighted by molar-refractivity contribution is 8.00. The minimum absolute atomic E-state index is 0.000842. The van der Waals surface area contributed by atoms with Crippen molar-refractivity contribution < 1.29 is 14.3 Å². The average Bonchev–Trinajstić information content (AvgIpc) is 3.28. The smallest absolute Gasteiger partial charge is 0.344 e. The monoisotopic (exact) mass is 405 g/mol. The molecule has 1 aromatic carbocycles. The summed E-state index contributed by atoms with van der Waals surface area (Å²) in [7, 11) is 0. The van der Waals surface area contributed by atoms with E-state index < -0.39 is 5.25 Å². The number of amides is 2. The topological polar surface area (TPSA) is 118 Å². The van der Waals surface area contributed by atoms with Gasteiger partial charge >= 0.3 is 5.69 Å². The number of hydrogen-bond donors (Lipinski definition) is 3. The highest BCUT2D eigenvalue weighted by Gasteiger charge is 2.23. The van der Waals surface area contributed by atoms with Crippen LogP contribution in [-0.2, 0) is 20.9 Å². The number of benzene rings is 1. The van der Waals surface area contributed by atoms with Crippen molar-refractivity contribution >= 4 is 35.0 Å². The quantitative estimate of drug-likeness (QED) is 0.605. The van der Waals surface area contributed by atoms with Gasteiger partial charge in [0.25, 0.3) is 0 Å². The van der Waals surface area contributed by atoms with Crippen molar-refractivity contribution in [1.29, 1.82) is 0 Å². The summed E-state index contributed by atoms with van der Waals surface area (Å²) in [5.74, 6) is -0.369. The molecule has 28 heavy (non-hydrogen) atoms. The van der Waals surface area contributed by atoms with Crippen molar-refractivity contribution in [3.05, 3.63) is 34.7 Å². The van der Waals surface area contributed by atoms with Crippen LogP contribution in [0.1, 0.15) is 26.7 Å². The Kier molecular flexibility index (Phi) is 6.53. The second-order valence-corrected chi connectivity index (χ2v) is 7.87. The van der Waals surface area contributed by atoms with E-state index in [0.29, 0.717) is 29.7 Å². The molecule has 3 rings (SSSR count). The van der Waals surface area contributed by atoms with Crippen LogP contribution in [0.5, 0.6) is 0 Å². The largest absolute Gasteiger partial charge is 0.376 e. The number of hydrogen-bond acceptors (Lipinski definition) is 6.